The topological polar surface area (TPSA) is 50.7 Å². The van der Waals surface area contributed by atoms with Gasteiger partial charge in [-0.2, -0.15) is 0 Å². The van der Waals surface area contributed by atoms with Gasteiger partial charge in [0.05, 0.1) is 25.4 Å². The minimum absolute atomic E-state index is 0.117. The number of methoxy groups -OCH3 is 1. The zero-order valence-electron chi connectivity index (χ0n) is 14.5. The molecule has 4 nitrogen and oxygen atoms in total. The zero-order chi connectivity index (χ0) is 17.4. The lowest BCUT2D eigenvalue weighted by Crippen LogP contribution is -2.29. The minimum atomic E-state index is 0.117. The molecule has 2 N–H and O–H groups in total. The van der Waals surface area contributed by atoms with E-state index in [0.29, 0.717) is 24.2 Å². The van der Waals surface area contributed by atoms with E-state index in [4.69, 9.17) is 9.47 Å². The molecule has 4 heteroatoms. The summed E-state index contributed by atoms with van der Waals surface area (Å²) in [6, 6.07) is 12.0. The van der Waals surface area contributed by atoms with Crippen LogP contribution in [0.4, 0.5) is 5.69 Å². The normalized spacial score (nSPS) is 23.5. The van der Waals surface area contributed by atoms with Crippen molar-refractivity contribution in [2.45, 2.75) is 25.3 Å². The number of phenols is 1. The molecule has 3 atom stereocenters. The van der Waals surface area contributed by atoms with Gasteiger partial charge in [0, 0.05) is 5.92 Å². The van der Waals surface area contributed by atoms with Crippen molar-refractivity contribution in [3.8, 4) is 17.2 Å². The fraction of sp³-hybridized carbons (Fsp3) is 0.333. The lowest BCUT2D eigenvalue weighted by Gasteiger charge is -2.38. The van der Waals surface area contributed by atoms with E-state index in [9.17, 15) is 5.11 Å². The monoisotopic (exact) mass is 337 g/mol. The first-order valence-corrected chi connectivity index (χ1v) is 8.78. The molecule has 2 aromatic rings. The number of para-hydroxylation sites is 1. The SMILES string of the molecule is CCOc1cccc2c1NC(c1ccc(OC)c(O)c1)C1CC=CC21. The summed E-state index contributed by atoms with van der Waals surface area (Å²) in [5, 5.41) is 13.9. The number of hydrogen-bond donors (Lipinski definition) is 2. The molecule has 3 unspecified atom stereocenters. The van der Waals surface area contributed by atoms with Crippen molar-refractivity contribution in [1.29, 1.82) is 0 Å². The first-order valence-electron chi connectivity index (χ1n) is 8.78. The summed E-state index contributed by atoms with van der Waals surface area (Å²) in [6.07, 6.45) is 5.58. The highest BCUT2D eigenvalue weighted by Crippen LogP contribution is 2.52. The van der Waals surface area contributed by atoms with Crippen LogP contribution in [0.3, 0.4) is 0 Å². The van der Waals surface area contributed by atoms with Gasteiger partial charge in [-0.1, -0.05) is 30.4 Å². The standard InChI is InChI=1S/C21H23NO3/c1-3-25-19-9-5-8-16-14-6-4-7-15(14)20(22-21(16)19)13-10-11-18(24-2)17(23)12-13/h4-6,8-12,14-15,20,22-23H,3,7H2,1-2H3. The van der Waals surface area contributed by atoms with E-state index in [0.717, 1.165) is 23.4 Å². The Kier molecular flexibility index (Phi) is 4.04. The van der Waals surface area contributed by atoms with E-state index in [1.54, 1.807) is 13.2 Å². The molecule has 1 aliphatic carbocycles. The Morgan fingerprint density at radius 1 is 1.20 bits per heavy atom. The molecule has 0 aromatic heterocycles. The molecule has 1 aliphatic heterocycles. The summed E-state index contributed by atoms with van der Waals surface area (Å²) in [6.45, 7) is 2.63. The molecule has 0 radical (unpaired) electrons. The predicted octanol–water partition coefficient (Wildman–Crippen LogP) is 4.63. The van der Waals surface area contributed by atoms with Crippen molar-refractivity contribution in [1.82, 2.24) is 0 Å². The number of rotatable bonds is 4. The number of benzene rings is 2. The van der Waals surface area contributed by atoms with Crippen molar-refractivity contribution >= 4 is 5.69 Å². The maximum atomic E-state index is 10.2. The summed E-state index contributed by atoms with van der Waals surface area (Å²) in [5.41, 5.74) is 3.42. The van der Waals surface area contributed by atoms with E-state index in [-0.39, 0.29) is 11.8 Å². The quantitative estimate of drug-likeness (QED) is 0.799. The van der Waals surface area contributed by atoms with Gasteiger partial charge in [-0.25, -0.2) is 0 Å². The van der Waals surface area contributed by atoms with Crippen LogP contribution in [-0.4, -0.2) is 18.8 Å². The second-order valence-corrected chi connectivity index (χ2v) is 6.56. The average molecular weight is 337 g/mol. The average Bonchev–Trinajstić information content (AvgIpc) is 3.11. The molecule has 1 heterocycles. The van der Waals surface area contributed by atoms with Crippen LogP contribution >= 0.6 is 0 Å². The highest BCUT2D eigenvalue weighted by Gasteiger charge is 2.39. The second kappa shape index (κ2) is 6.36. The first kappa shape index (κ1) is 15.9. The van der Waals surface area contributed by atoms with Gasteiger partial charge in [-0.3, -0.25) is 0 Å². The molecule has 4 rings (SSSR count). The van der Waals surface area contributed by atoms with Crippen LogP contribution in [-0.2, 0) is 0 Å². The zero-order valence-corrected chi connectivity index (χ0v) is 14.5. The fourth-order valence-corrected chi connectivity index (χ4v) is 4.10. The number of anilines is 1. The number of fused-ring (bicyclic) bond motifs is 3. The number of phenolic OH excluding ortho intramolecular Hbond substituents is 1. The molecule has 0 saturated carbocycles. The van der Waals surface area contributed by atoms with Crippen LogP contribution < -0.4 is 14.8 Å². The maximum Gasteiger partial charge on any atom is 0.160 e. The Morgan fingerprint density at radius 3 is 2.84 bits per heavy atom. The van der Waals surface area contributed by atoms with E-state index >= 15 is 0 Å². The molecule has 2 aliphatic rings. The van der Waals surface area contributed by atoms with E-state index in [1.807, 2.05) is 25.1 Å². The summed E-state index contributed by atoms with van der Waals surface area (Å²) < 4.78 is 11.0. The molecule has 130 valence electrons. The Morgan fingerprint density at radius 2 is 2.08 bits per heavy atom. The van der Waals surface area contributed by atoms with Crippen molar-refractivity contribution < 1.29 is 14.6 Å². The largest absolute Gasteiger partial charge is 0.504 e. The van der Waals surface area contributed by atoms with Gasteiger partial charge in [-0.05, 0) is 48.6 Å². The van der Waals surface area contributed by atoms with Gasteiger partial charge in [0.25, 0.3) is 0 Å². The number of ether oxygens (including phenoxy) is 2. The lowest BCUT2D eigenvalue weighted by atomic mass is 9.77. The molecule has 0 saturated heterocycles. The molecule has 0 spiro atoms. The molecule has 0 amide bonds. The number of nitrogens with one attached hydrogen (secondary N) is 1. The number of allylic oxidation sites excluding steroid dienone is 2. The molecular weight excluding hydrogens is 314 g/mol. The summed E-state index contributed by atoms with van der Waals surface area (Å²) in [7, 11) is 1.56. The van der Waals surface area contributed by atoms with Gasteiger partial charge < -0.3 is 19.9 Å². The molecular formula is C21H23NO3. The Bertz CT molecular complexity index is 815. The van der Waals surface area contributed by atoms with Crippen molar-refractivity contribution in [2.24, 2.45) is 5.92 Å². The van der Waals surface area contributed by atoms with Crippen LogP contribution in [0.2, 0.25) is 0 Å². The second-order valence-electron chi connectivity index (χ2n) is 6.56. The van der Waals surface area contributed by atoms with Gasteiger partial charge >= 0.3 is 0 Å². The number of hydrogen-bond acceptors (Lipinski definition) is 4. The summed E-state index contributed by atoms with van der Waals surface area (Å²) >= 11 is 0. The lowest BCUT2D eigenvalue weighted by molar-refractivity contribution is 0.337. The molecule has 0 bridgehead atoms. The van der Waals surface area contributed by atoms with Crippen LogP contribution in [0.15, 0.2) is 48.6 Å². The molecule has 0 fully saturated rings. The van der Waals surface area contributed by atoms with Gasteiger partial charge in [-0.15, -0.1) is 0 Å². The van der Waals surface area contributed by atoms with Crippen molar-refractivity contribution in [3.05, 3.63) is 59.7 Å². The highest BCUT2D eigenvalue weighted by molar-refractivity contribution is 5.68. The van der Waals surface area contributed by atoms with E-state index in [1.165, 1.54) is 5.56 Å². The van der Waals surface area contributed by atoms with Crippen LogP contribution in [0.1, 0.15) is 36.4 Å². The third-order valence-corrected chi connectivity index (χ3v) is 5.22. The van der Waals surface area contributed by atoms with Crippen LogP contribution in [0, 0.1) is 5.92 Å². The Balaban J connectivity index is 1.77. The third kappa shape index (κ3) is 2.62. The number of aromatic hydroxyl groups is 1. The smallest absolute Gasteiger partial charge is 0.160 e. The Labute approximate surface area is 148 Å². The van der Waals surface area contributed by atoms with Crippen LogP contribution in [0.5, 0.6) is 17.2 Å². The Hall–Kier alpha value is -2.62. The maximum absolute atomic E-state index is 10.2. The predicted molar refractivity (Wildman–Crippen MR) is 98.6 cm³/mol. The van der Waals surface area contributed by atoms with Gasteiger partial charge in [0.15, 0.2) is 11.5 Å². The van der Waals surface area contributed by atoms with E-state index < -0.39 is 0 Å². The summed E-state index contributed by atoms with van der Waals surface area (Å²) in [4.78, 5) is 0. The fourth-order valence-electron chi connectivity index (χ4n) is 4.10. The van der Waals surface area contributed by atoms with Gasteiger partial charge in [0.2, 0.25) is 0 Å². The highest BCUT2D eigenvalue weighted by atomic mass is 16.5. The van der Waals surface area contributed by atoms with Crippen molar-refractivity contribution in [2.75, 3.05) is 19.0 Å². The molecule has 25 heavy (non-hydrogen) atoms. The van der Waals surface area contributed by atoms with E-state index in [2.05, 4.69) is 29.6 Å². The van der Waals surface area contributed by atoms with Crippen molar-refractivity contribution in [3.63, 3.8) is 0 Å². The molecule has 2 aromatic carbocycles. The first-order chi connectivity index (χ1) is 12.2. The third-order valence-electron chi connectivity index (χ3n) is 5.22. The van der Waals surface area contributed by atoms with Gasteiger partial charge in [0.1, 0.15) is 5.75 Å². The minimum Gasteiger partial charge on any atom is -0.504 e. The van der Waals surface area contributed by atoms with Crippen LogP contribution in [0.25, 0.3) is 0 Å². The summed E-state index contributed by atoms with van der Waals surface area (Å²) in [5.74, 6) is 2.36.